The van der Waals surface area contributed by atoms with Gasteiger partial charge in [0, 0.05) is 18.2 Å². The van der Waals surface area contributed by atoms with Gasteiger partial charge < -0.3 is 5.32 Å². The van der Waals surface area contributed by atoms with Gasteiger partial charge in [0.25, 0.3) is 0 Å². The zero-order valence-corrected chi connectivity index (χ0v) is 10.2. The van der Waals surface area contributed by atoms with E-state index in [-0.39, 0.29) is 12.1 Å². The smallest absolute Gasteiger partial charge is 0.161 e. The molecule has 0 unspecified atom stereocenters. The molecule has 1 aromatic rings. The molecule has 0 atom stereocenters. The van der Waals surface area contributed by atoms with E-state index in [2.05, 4.69) is 19.2 Å². The molecule has 0 aliphatic carbocycles. The minimum atomic E-state index is -1.15. The van der Waals surface area contributed by atoms with Gasteiger partial charge in [-0.25, -0.2) is 13.2 Å². The van der Waals surface area contributed by atoms with Crippen LogP contribution in [0.15, 0.2) is 12.1 Å². The Morgan fingerprint density at radius 1 is 1.06 bits per heavy atom. The standard InChI is InChI=1S/C13H18F3N/c1-9(2)4-3-5-17-8-10-6-12(15)13(16)7-11(10)14/h6-7,9,17H,3-5,8H2,1-2H3. The van der Waals surface area contributed by atoms with E-state index >= 15 is 0 Å². The van der Waals surface area contributed by atoms with Gasteiger partial charge in [-0.15, -0.1) is 0 Å². The van der Waals surface area contributed by atoms with Gasteiger partial charge in [-0.2, -0.15) is 0 Å². The Labute approximate surface area is 100 Å². The molecule has 1 aromatic carbocycles. The Balaban J connectivity index is 2.39. The van der Waals surface area contributed by atoms with Crippen molar-refractivity contribution < 1.29 is 13.2 Å². The monoisotopic (exact) mass is 245 g/mol. The van der Waals surface area contributed by atoms with Crippen LogP contribution in [-0.2, 0) is 6.54 Å². The summed E-state index contributed by atoms with van der Waals surface area (Å²) in [7, 11) is 0. The van der Waals surface area contributed by atoms with Gasteiger partial charge in [-0.1, -0.05) is 13.8 Å². The SMILES string of the molecule is CC(C)CCCNCc1cc(F)c(F)cc1F. The molecule has 0 bridgehead atoms. The van der Waals surface area contributed by atoms with Crippen molar-refractivity contribution in [1.82, 2.24) is 5.32 Å². The molecular formula is C13H18F3N. The Morgan fingerprint density at radius 3 is 2.35 bits per heavy atom. The Kier molecular flexibility index (Phi) is 5.48. The second-order valence-electron chi connectivity index (χ2n) is 4.57. The number of hydrogen-bond donors (Lipinski definition) is 1. The second kappa shape index (κ2) is 6.64. The Hall–Kier alpha value is -1.03. The fraction of sp³-hybridized carbons (Fsp3) is 0.538. The first-order valence-corrected chi connectivity index (χ1v) is 5.85. The molecule has 0 amide bonds. The molecule has 1 N–H and O–H groups in total. The first kappa shape index (κ1) is 14.0. The Morgan fingerprint density at radius 2 is 1.71 bits per heavy atom. The van der Waals surface area contributed by atoms with Crippen LogP contribution in [0.5, 0.6) is 0 Å². The van der Waals surface area contributed by atoms with Crippen molar-refractivity contribution in [3.8, 4) is 0 Å². The number of rotatable bonds is 6. The zero-order chi connectivity index (χ0) is 12.8. The van der Waals surface area contributed by atoms with Crippen molar-refractivity contribution in [2.24, 2.45) is 5.92 Å². The van der Waals surface area contributed by atoms with E-state index in [0.717, 1.165) is 25.5 Å². The van der Waals surface area contributed by atoms with Crippen LogP contribution in [0.1, 0.15) is 32.3 Å². The van der Waals surface area contributed by atoms with E-state index in [1.165, 1.54) is 0 Å². The van der Waals surface area contributed by atoms with Gasteiger partial charge in [-0.05, 0) is 31.4 Å². The summed E-state index contributed by atoms with van der Waals surface area (Å²) in [6.45, 7) is 5.24. The molecule has 17 heavy (non-hydrogen) atoms. The fourth-order valence-corrected chi connectivity index (χ4v) is 1.56. The van der Waals surface area contributed by atoms with Crippen molar-refractivity contribution in [1.29, 1.82) is 0 Å². The van der Waals surface area contributed by atoms with Gasteiger partial charge in [0.05, 0.1) is 0 Å². The molecule has 4 heteroatoms. The lowest BCUT2D eigenvalue weighted by molar-refractivity contribution is 0.483. The lowest BCUT2D eigenvalue weighted by atomic mass is 10.1. The lowest BCUT2D eigenvalue weighted by Gasteiger charge is -2.08. The number of benzene rings is 1. The molecule has 0 aromatic heterocycles. The summed E-state index contributed by atoms with van der Waals surface area (Å²) in [5.74, 6) is -2.23. The highest BCUT2D eigenvalue weighted by atomic mass is 19.2. The van der Waals surface area contributed by atoms with Crippen LogP contribution in [0, 0.1) is 23.4 Å². The first-order valence-electron chi connectivity index (χ1n) is 5.85. The number of hydrogen-bond acceptors (Lipinski definition) is 1. The van der Waals surface area contributed by atoms with Crippen LogP contribution in [0.3, 0.4) is 0 Å². The average Bonchev–Trinajstić information content (AvgIpc) is 2.24. The predicted octanol–water partition coefficient (Wildman–Crippen LogP) is 3.63. The van der Waals surface area contributed by atoms with E-state index in [9.17, 15) is 13.2 Å². The molecular weight excluding hydrogens is 227 g/mol. The third-order valence-electron chi connectivity index (χ3n) is 2.54. The third kappa shape index (κ3) is 4.77. The highest BCUT2D eigenvalue weighted by Crippen LogP contribution is 2.13. The molecule has 1 rings (SSSR count). The lowest BCUT2D eigenvalue weighted by Crippen LogP contribution is -2.16. The molecule has 0 saturated carbocycles. The summed E-state index contributed by atoms with van der Waals surface area (Å²) < 4.78 is 38.7. The van der Waals surface area contributed by atoms with Crippen LogP contribution in [-0.4, -0.2) is 6.54 Å². The van der Waals surface area contributed by atoms with E-state index in [1.807, 2.05) is 0 Å². The zero-order valence-electron chi connectivity index (χ0n) is 10.2. The average molecular weight is 245 g/mol. The van der Waals surface area contributed by atoms with E-state index in [4.69, 9.17) is 0 Å². The maximum Gasteiger partial charge on any atom is 0.161 e. The molecule has 0 aliphatic heterocycles. The minimum absolute atomic E-state index is 0.161. The van der Waals surface area contributed by atoms with Gasteiger partial charge in [-0.3, -0.25) is 0 Å². The van der Waals surface area contributed by atoms with Gasteiger partial charge >= 0.3 is 0 Å². The van der Waals surface area contributed by atoms with Crippen molar-refractivity contribution in [3.05, 3.63) is 35.1 Å². The highest BCUT2D eigenvalue weighted by Gasteiger charge is 2.09. The highest BCUT2D eigenvalue weighted by molar-refractivity contribution is 5.19. The summed E-state index contributed by atoms with van der Waals surface area (Å²) in [6.07, 6.45) is 2.08. The fourth-order valence-electron chi connectivity index (χ4n) is 1.56. The topological polar surface area (TPSA) is 12.0 Å². The largest absolute Gasteiger partial charge is 0.313 e. The molecule has 0 heterocycles. The molecule has 0 spiro atoms. The van der Waals surface area contributed by atoms with Crippen LogP contribution < -0.4 is 5.32 Å². The van der Waals surface area contributed by atoms with Crippen molar-refractivity contribution in [2.45, 2.75) is 33.2 Å². The summed E-state index contributed by atoms with van der Waals surface area (Å²) in [5, 5.41) is 3.02. The summed E-state index contributed by atoms with van der Waals surface area (Å²) in [6, 6.07) is 1.49. The van der Waals surface area contributed by atoms with Gasteiger partial charge in [0.1, 0.15) is 5.82 Å². The first-order chi connectivity index (χ1) is 8.00. The van der Waals surface area contributed by atoms with Gasteiger partial charge in [0.2, 0.25) is 0 Å². The maximum atomic E-state index is 13.2. The van der Waals surface area contributed by atoms with E-state index in [1.54, 1.807) is 0 Å². The Bertz CT molecular complexity index is 364. The van der Waals surface area contributed by atoms with Crippen LogP contribution in [0.25, 0.3) is 0 Å². The minimum Gasteiger partial charge on any atom is -0.313 e. The predicted molar refractivity (Wildman–Crippen MR) is 62.1 cm³/mol. The van der Waals surface area contributed by atoms with Crippen molar-refractivity contribution >= 4 is 0 Å². The molecule has 1 nitrogen and oxygen atoms in total. The normalized spacial score (nSPS) is 11.2. The van der Waals surface area contributed by atoms with Crippen molar-refractivity contribution in [3.63, 3.8) is 0 Å². The maximum absolute atomic E-state index is 13.2. The second-order valence-corrected chi connectivity index (χ2v) is 4.57. The summed E-state index contributed by atoms with van der Waals surface area (Å²) >= 11 is 0. The van der Waals surface area contributed by atoms with Crippen LogP contribution >= 0.6 is 0 Å². The molecule has 0 fully saturated rings. The third-order valence-corrected chi connectivity index (χ3v) is 2.54. The van der Waals surface area contributed by atoms with Crippen molar-refractivity contribution in [2.75, 3.05) is 6.54 Å². The summed E-state index contributed by atoms with van der Waals surface area (Å²) in [5.41, 5.74) is 0.161. The van der Waals surface area contributed by atoms with Crippen LogP contribution in [0.2, 0.25) is 0 Å². The van der Waals surface area contributed by atoms with Crippen LogP contribution in [0.4, 0.5) is 13.2 Å². The number of halogens is 3. The van der Waals surface area contributed by atoms with E-state index in [0.29, 0.717) is 12.0 Å². The molecule has 0 aliphatic rings. The summed E-state index contributed by atoms with van der Waals surface area (Å²) in [4.78, 5) is 0. The van der Waals surface area contributed by atoms with Gasteiger partial charge in [0.15, 0.2) is 11.6 Å². The quantitative estimate of drug-likeness (QED) is 0.596. The van der Waals surface area contributed by atoms with E-state index < -0.39 is 17.5 Å². The molecule has 0 saturated heterocycles. The molecule has 96 valence electrons. The number of nitrogens with one attached hydrogen (secondary N) is 1. The molecule has 0 radical (unpaired) electrons.